The van der Waals surface area contributed by atoms with Crippen molar-refractivity contribution in [2.45, 2.75) is 26.3 Å². The largest absolute Gasteiger partial charge is 0.390 e. The van der Waals surface area contributed by atoms with E-state index >= 15 is 0 Å². The van der Waals surface area contributed by atoms with Crippen molar-refractivity contribution < 1.29 is 10.2 Å². The molecule has 2 rings (SSSR count). The summed E-state index contributed by atoms with van der Waals surface area (Å²) >= 11 is 0. The molecule has 0 unspecified atom stereocenters. The predicted molar refractivity (Wildman–Crippen MR) is 96.6 cm³/mol. The van der Waals surface area contributed by atoms with Crippen LogP contribution in [0.2, 0.25) is 0 Å². The van der Waals surface area contributed by atoms with Gasteiger partial charge in [0.1, 0.15) is 0 Å². The SMILES string of the molecule is OCc1cccc(CNCCNCCNCc2cccc(CO)n2)n1. The molecule has 0 aromatic carbocycles. The lowest BCUT2D eigenvalue weighted by Gasteiger charge is -2.08. The van der Waals surface area contributed by atoms with Crippen LogP contribution in [0.4, 0.5) is 0 Å². The van der Waals surface area contributed by atoms with Crippen molar-refractivity contribution in [2.75, 3.05) is 26.2 Å². The number of rotatable bonds is 12. The highest BCUT2D eigenvalue weighted by molar-refractivity contribution is 5.11. The molecule has 0 fully saturated rings. The van der Waals surface area contributed by atoms with Gasteiger partial charge in [0.05, 0.1) is 36.0 Å². The smallest absolute Gasteiger partial charge is 0.0853 e. The number of hydrogen-bond acceptors (Lipinski definition) is 7. The van der Waals surface area contributed by atoms with Crippen molar-refractivity contribution in [3.05, 3.63) is 59.2 Å². The quantitative estimate of drug-likeness (QED) is 0.343. The fourth-order valence-electron chi connectivity index (χ4n) is 2.34. The molecule has 2 heterocycles. The summed E-state index contributed by atoms with van der Waals surface area (Å²) < 4.78 is 0. The Labute approximate surface area is 148 Å². The topological polar surface area (TPSA) is 102 Å². The third kappa shape index (κ3) is 7.68. The molecular formula is C18H27N5O2. The van der Waals surface area contributed by atoms with Gasteiger partial charge in [0.25, 0.3) is 0 Å². The molecule has 0 atom stereocenters. The number of nitrogens with one attached hydrogen (secondary N) is 3. The Hall–Kier alpha value is -1.90. The highest BCUT2D eigenvalue weighted by Crippen LogP contribution is 1.99. The second kappa shape index (κ2) is 11.6. The predicted octanol–water partition coefficient (Wildman–Crippen LogP) is -0.0698. The average Bonchev–Trinajstić information content (AvgIpc) is 2.67. The zero-order chi connectivity index (χ0) is 17.7. The highest BCUT2D eigenvalue weighted by Gasteiger charge is 1.98. The van der Waals surface area contributed by atoms with Gasteiger partial charge in [-0.05, 0) is 24.3 Å². The number of pyridine rings is 2. The zero-order valence-electron chi connectivity index (χ0n) is 14.4. The fourth-order valence-corrected chi connectivity index (χ4v) is 2.34. The van der Waals surface area contributed by atoms with Crippen LogP contribution in [0.5, 0.6) is 0 Å². The van der Waals surface area contributed by atoms with E-state index in [1.54, 1.807) is 0 Å². The molecule has 0 aliphatic heterocycles. The van der Waals surface area contributed by atoms with Crippen molar-refractivity contribution in [2.24, 2.45) is 0 Å². The molecule has 0 amide bonds. The summed E-state index contributed by atoms with van der Waals surface area (Å²) in [4.78, 5) is 8.65. The first-order valence-electron chi connectivity index (χ1n) is 8.55. The molecule has 25 heavy (non-hydrogen) atoms. The lowest BCUT2D eigenvalue weighted by atomic mass is 10.3. The molecule has 0 aliphatic carbocycles. The van der Waals surface area contributed by atoms with Crippen molar-refractivity contribution >= 4 is 0 Å². The van der Waals surface area contributed by atoms with Gasteiger partial charge in [-0.2, -0.15) is 0 Å². The van der Waals surface area contributed by atoms with E-state index in [9.17, 15) is 0 Å². The van der Waals surface area contributed by atoms with Crippen molar-refractivity contribution in [1.82, 2.24) is 25.9 Å². The van der Waals surface area contributed by atoms with Crippen LogP contribution in [0.25, 0.3) is 0 Å². The first-order chi connectivity index (χ1) is 12.3. The monoisotopic (exact) mass is 345 g/mol. The van der Waals surface area contributed by atoms with Gasteiger partial charge in [0, 0.05) is 39.3 Å². The Balaban J connectivity index is 1.48. The van der Waals surface area contributed by atoms with Crippen LogP contribution in [0, 0.1) is 0 Å². The Morgan fingerprint density at radius 2 is 1.00 bits per heavy atom. The zero-order valence-corrected chi connectivity index (χ0v) is 14.4. The van der Waals surface area contributed by atoms with Gasteiger partial charge in [-0.15, -0.1) is 0 Å². The van der Waals surface area contributed by atoms with Crippen molar-refractivity contribution in [3.63, 3.8) is 0 Å². The van der Waals surface area contributed by atoms with Crippen LogP contribution in [0.15, 0.2) is 36.4 Å². The Morgan fingerprint density at radius 3 is 1.44 bits per heavy atom. The van der Waals surface area contributed by atoms with E-state index in [1.165, 1.54) is 0 Å². The molecule has 5 N–H and O–H groups in total. The number of aliphatic hydroxyl groups excluding tert-OH is 2. The normalized spacial score (nSPS) is 11.0. The van der Waals surface area contributed by atoms with E-state index in [0.717, 1.165) is 37.6 Å². The number of nitrogens with zero attached hydrogens (tertiary/aromatic N) is 2. The molecule has 0 radical (unpaired) electrons. The van der Waals surface area contributed by atoms with Gasteiger partial charge in [-0.1, -0.05) is 12.1 Å². The van der Waals surface area contributed by atoms with Crippen molar-refractivity contribution in [3.8, 4) is 0 Å². The van der Waals surface area contributed by atoms with Gasteiger partial charge < -0.3 is 26.2 Å². The minimum Gasteiger partial charge on any atom is -0.390 e. The summed E-state index contributed by atoms with van der Waals surface area (Å²) in [6.07, 6.45) is 0. The number of hydrogen-bond donors (Lipinski definition) is 5. The lowest BCUT2D eigenvalue weighted by molar-refractivity contribution is 0.276. The number of aromatic nitrogens is 2. The lowest BCUT2D eigenvalue weighted by Crippen LogP contribution is -2.32. The van der Waals surface area contributed by atoms with E-state index in [2.05, 4.69) is 25.9 Å². The van der Waals surface area contributed by atoms with Gasteiger partial charge in [0.15, 0.2) is 0 Å². The molecular weight excluding hydrogens is 318 g/mol. The molecule has 0 bridgehead atoms. The first-order valence-corrected chi connectivity index (χ1v) is 8.55. The van der Waals surface area contributed by atoms with Crippen molar-refractivity contribution in [1.29, 1.82) is 0 Å². The Kier molecular flexibility index (Phi) is 9.03. The second-order valence-electron chi connectivity index (χ2n) is 5.66. The van der Waals surface area contributed by atoms with Crippen LogP contribution in [-0.4, -0.2) is 46.4 Å². The minimum atomic E-state index is -0.0256. The van der Waals surface area contributed by atoms with Crippen LogP contribution in [-0.2, 0) is 26.3 Å². The molecule has 0 saturated carbocycles. The first kappa shape index (κ1) is 19.4. The van der Waals surface area contributed by atoms with E-state index < -0.39 is 0 Å². The minimum absolute atomic E-state index is 0.0256. The fraction of sp³-hybridized carbons (Fsp3) is 0.444. The molecule has 0 aliphatic rings. The Bertz CT molecular complexity index is 570. The second-order valence-corrected chi connectivity index (χ2v) is 5.66. The number of aliphatic hydroxyl groups is 2. The van der Waals surface area contributed by atoms with Crippen LogP contribution in [0.3, 0.4) is 0 Å². The van der Waals surface area contributed by atoms with Crippen LogP contribution < -0.4 is 16.0 Å². The maximum Gasteiger partial charge on any atom is 0.0853 e. The third-order valence-electron chi connectivity index (χ3n) is 3.62. The summed E-state index contributed by atoms with van der Waals surface area (Å²) in [7, 11) is 0. The maximum atomic E-state index is 9.06. The third-order valence-corrected chi connectivity index (χ3v) is 3.62. The Morgan fingerprint density at radius 1 is 0.600 bits per heavy atom. The molecule has 7 heteroatoms. The maximum absolute atomic E-state index is 9.06. The highest BCUT2D eigenvalue weighted by atomic mass is 16.3. The van der Waals surface area contributed by atoms with Gasteiger partial charge in [-0.25, -0.2) is 0 Å². The standard InChI is InChI=1S/C18H27N5O2/c24-13-17-5-1-3-15(22-17)11-20-9-7-19-8-10-21-12-16-4-2-6-18(14-25)23-16/h1-6,19-21,24-25H,7-14H2. The summed E-state index contributed by atoms with van der Waals surface area (Å²) in [5.41, 5.74) is 3.27. The average molecular weight is 345 g/mol. The molecule has 2 aromatic heterocycles. The molecule has 0 spiro atoms. The van der Waals surface area contributed by atoms with E-state index in [4.69, 9.17) is 10.2 Å². The van der Waals surface area contributed by atoms with E-state index in [-0.39, 0.29) is 13.2 Å². The molecule has 0 saturated heterocycles. The molecule has 2 aromatic rings. The van der Waals surface area contributed by atoms with Crippen LogP contribution >= 0.6 is 0 Å². The summed E-state index contributed by atoms with van der Waals surface area (Å²) in [5, 5.41) is 28.1. The van der Waals surface area contributed by atoms with E-state index in [1.807, 2.05) is 36.4 Å². The molecule has 7 nitrogen and oxygen atoms in total. The summed E-state index contributed by atoms with van der Waals surface area (Å²) in [5.74, 6) is 0. The van der Waals surface area contributed by atoms with Gasteiger partial charge >= 0.3 is 0 Å². The van der Waals surface area contributed by atoms with E-state index in [0.29, 0.717) is 24.5 Å². The van der Waals surface area contributed by atoms with Gasteiger partial charge in [-0.3, -0.25) is 9.97 Å². The molecule has 136 valence electrons. The summed E-state index contributed by atoms with van der Waals surface area (Å²) in [6, 6.07) is 11.3. The van der Waals surface area contributed by atoms with Gasteiger partial charge in [0.2, 0.25) is 0 Å². The van der Waals surface area contributed by atoms with Crippen LogP contribution in [0.1, 0.15) is 22.8 Å². The summed E-state index contributed by atoms with van der Waals surface area (Å²) in [6.45, 7) is 4.79.